The fourth-order valence-corrected chi connectivity index (χ4v) is 2.53. The molecule has 1 heterocycles. The van der Waals surface area contributed by atoms with Gasteiger partial charge < -0.3 is 4.74 Å². The number of ether oxygens (including phenoxy) is 1. The first-order valence-electron chi connectivity index (χ1n) is 8.36. The number of ketones is 1. The van der Waals surface area contributed by atoms with Gasteiger partial charge in [-0.05, 0) is 31.2 Å². The Bertz CT molecular complexity index is 977. The first-order valence-corrected chi connectivity index (χ1v) is 8.36. The van der Waals surface area contributed by atoms with Crippen molar-refractivity contribution in [1.82, 2.24) is 13.7 Å². The molecule has 27 heavy (non-hydrogen) atoms. The van der Waals surface area contributed by atoms with Crippen LogP contribution < -0.4 is 21.8 Å². The molecule has 0 saturated heterocycles. The topological polar surface area (TPSA) is 92.3 Å². The highest BCUT2D eigenvalue weighted by Gasteiger charge is 2.17. The lowest BCUT2D eigenvalue weighted by Gasteiger charge is -2.12. The number of benzene rings is 1. The predicted octanol–water partition coefficient (Wildman–Crippen LogP) is 0.825. The second-order valence-electron chi connectivity index (χ2n) is 5.61. The fraction of sp³-hybridized carbons (Fsp3) is 0.263. The van der Waals surface area contributed by atoms with Gasteiger partial charge in [-0.25, -0.2) is 28.1 Å². The van der Waals surface area contributed by atoms with Crippen LogP contribution in [0.15, 0.2) is 64.0 Å². The second kappa shape index (κ2) is 8.79. The van der Waals surface area contributed by atoms with Crippen molar-refractivity contribution in [2.75, 3.05) is 6.61 Å². The Morgan fingerprint density at radius 2 is 1.41 bits per heavy atom. The monoisotopic (exact) mass is 371 g/mol. The zero-order valence-electron chi connectivity index (χ0n) is 15.1. The normalized spacial score (nSPS) is 10.4. The molecule has 2 rings (SSSR count). The summed E-state index contributed by atoms with van der Waals surface area (Å²) in [5, 5.41) is 0. The van der Waals surface area contributed by atoms with E-state index in [9.17, 15) is 19.2 Å². The van der Waals surface area contributed by atoms with Crippen LogP contribution in [0.1, 0.15) is 17.3 Å². The summed E-state index contributed by atoms with van der Waals surface area (Å²) < 4.78 is 7.76. The molecule has 0 aliphatic carbocycles. The molecule has 0 radical (unpaired) electrons. The number of Topliss-reactive ketones (excluding diaryl/α,β-unsaturated/α-hetero) is 1. The van der Waals surface area contributed by atoms with Gasteiger partial charge in [0.25, 0.3) is 0 Å². The lowest BCUT2D eigenvalue weighted by molar-refractivity contribution is 0.0966. The van der Waals surface area contributed by atoms with Crippen molar-refractivity contribution in [3.63, 3.8) is 0 Å². The minimum Gasteiger partial charge on any atom is -0.494 e. The van der Waals surface area contributed by atoms with Crippen molar-refractivity contribution < 1.29 is 9.53 Å². The summed E-state index contributed by atoms with van der Waals surface area (Å²) in [5.41, 5.74) is -2.16. The lowest BCUT2D eigenvalue weighted by Crippen LogP contribution is -2.55. The minimum absolute atomic E-state index is 0.0771. The van der Waals surface area contributed by atoms with Gasteiger partial charge >= 0.3 is 17.1 Å². The van der Waals surface area contributed by atoms with E-state index in [1.807, 2.05) is 6.92 Å². The Hall–Kier alpha value is -3.42. The van der Waals surface area contributed by atoms with Gasteiger partial charge in [-0.1, -0.05) is 12.2 Å². The molecule has 0 spiro atoms. The number of hydrogen-bond acceptors (Lipinski definition) is 5. The molecular weight excluding hydrogens is 350 g/mol. The molecule has 142 valence electrons. The Balaban J connectivity index is 2.48. The maximum atomic E-state index is 12.5. The molecule has 1 aromatic heterocycles. The zero-order valence-corrected chi connectivity index (χ0v) is 15.1. The Kier molecular flexibility index (Phi) is 6.48. The Labute approximate surface area is 155 Å². The number of hydrogen-bond donors (Lipinski definition) is 0. The van der Waals surface area contributed by atoms with Crippen LogP contribution in [0.4, 0.5) is 0 Å². The van der Waals surface area contributed by atoms with E-state index in [1.54, 1.807) is 24.3 Å². The highest BCUT2D eigenvalue weighted by Crippen LogP contribution is 2.12. The van der Waals surface area contributed by atoms with Crippen LogP contribution in [-0.4, -0.2) is 26.1 Å². The van der Waals surface area contributed by atoms with Crippen LogP contribution in [0.5, 0.6) is 5.75 Å². The summed E-state index contributed by atoms with van der Waals surface area (Å²) in [6.07, 6.45) is 2.73. The number of carbonyl (C=O) groups excluding carboxylic acids is 1. The SMILES string of the molecule is C=CCn1c(=O)n(CC=C)c(=O)n(CC(=O)c2ccc(OCC)cc2)c1=O. The minimum atomic E-state index is -0.857. The van der Waals surface area contributed by atoms with E-state index < -0.39 is 29.4 Å². The first-order chi connectivity index (χ1) is 12.9. The number of allylic oxidation sites excluding steroid dienone is 2. The first kappa shape index (κ1) is 19.9. The summed E-state index contributed by atoms with van der Waals surface area (Å²) in [7, 11) is 0. The second-order valence-corrected chi connectivity index (χ2v) is 5.61. The van der Waals surface area contributed by atoms with E-state index in [0.29, 0.717) is 17.9 Å². The maximum absolute atomic E-state index is 12.5. The van der Waals surface area contributed by atoms with Gasteiger partial charge in [-0.2, -0.15) is 0 Å². The van der Waals surface area contributed by atoms with Gasteiger partial charge in [0, 0.05) is 5.56 Å². The average molecular weight is 371 g/mol. The van der Waals surface area contributed by atoms with E-state index in [4.69, 9.17) is 4.74 Å². The number of aromatic nitrogens is 3. The van der Waals surface area contributed by atoms with Crippen LogP contribution in [0.2, 0.25) is 0 Å². The third-order valence-corrected chi connectivity index (χ3v) is 3.80. The molecule has 0 aliphatic rings. The predicted molar refractivity (Wildman–Crippen MR) is 102 cm³/mol. The van der Waals surface area contributed by atoms with E-state index in [0.717, 1.165) is 13.7 Å². The van der Waals surface area contributed by atoms with Crippen LogP contribution in [0.3, 0.4) is 0 Å². The molecule has 0 saturated carbocycles. The molecule has 0 unspecified atom stereocenters. The van der Waals surface area contributed by atoms with Crippen molar-refractivity contribution >= 4 is 5.78 Å². The molecule has 0 atom stereocenters. The smallest absolute Gasteiger partial charge is 0.337 e. The maximum Gasteiger partial charge on any atom is 0.337 e. The summed E-state index contributed by atoms with van der Waals surface area (Å²) in [4.78, 5) is 49.9. The molecule has 1 aromatic carbocycles. The molecule has 8 heteroatoms. The lowest BCUT2D eigenvalue weighted by atomic mass is 10.1. The van der Waals surface area contributed by atoms with Crippen LogP contribution in [0, 0.1) is 0 Å². The number of nitrogens with zero attached hydrogens (tertiary/aromatic N) is 3. The van der Waals surface area contributed by atoms with E-state index in [1.165, 1.54) is 12.2 Å². The molecule has 0 aliphatic heterocycles. The number of carbonyl (C=O) groups is 1. The van der Waals surface area contributed by atoms with Gasteiger partial charge in [0.05, 0.1) is 26.2 Å². The molecule has 2 aromatic rings. The van der Waals surface area contributed by atoms with E-state index in [2.05, 4.69) is 13.2 Å². The highest BCUT2D eigenvalue weighted by atomic mass is 16.5. The van der Waals surface area contributed by atoms with Gasteiger partial charge in [-0.15, -0.1) is 13.2 Å². The molecule has 0 bridgehead atoms. The van der Waals surface area contributed by atoms with Crippen molar-refractivity contribution in [3.05, 3.63) is 86.6 Å². The van der Waals surface area contributed by atoms with E-state index >= 15 is 0 Å². The Morgan fingerprint density at radius 3 is 1.85 bits per heavy atom. The third kappa shape index (κ3) is 4.22. The quantitative estimate of drug-likeness (QED) is 0.481. The molecule has 8 nitrogen and oxygen atoms in total. The van der Waals surface area contributed by atoms with Gasteiger partial charge in [0.2, 0.25) is 0 Å². The molecule has 0 amide bonds. The van der Waals surface area contributed by atoms with Crippen molar-refractivity contribution in [2.45, 2.75) is 26.6 Å². The molecular formula is C19H21N3O5. The molecule has 0 N–H and O–H groups in total. The van der Waals surface area contributed by atoms with Crippen molar-refractivity contribution in [1.29, 1.82) is 0 Å². The van der Waals surface area contributed by atoms with Crippen LogP contribution >= 0.6 is 0 Å². The van der Waals surface area contributed by atoms with Gasteiger partial charge in [-0.3, -0.25) is 4.79 Å². The fourth-order valence-electron chi connectivity index (χ4n) is 2.53. The average Bonchev–Trinajstić information content (AvgIpc) is 2.66. The standard InChI is InChI=1S/C19H21N3O5/c1-4-11-20-17(24)21(12-5-2)19(26)22(18(20)25)13-16(23)14-7-9-15(10-8-14)27-6-3/h4-5,7-10H,1-2,6,11-13H2,3H3. The summed E-state index contributed by atoms with van der Waals surface area (Å²) >= 11 is 0. The van der Waals surface area contributed by atoms with Gasteiger partial charge in [0.15, 0.2) is 5.78 Å². The third-order valence-electron chi connectivity index (χ3n) is 3.80. The van der Waals surface area contributed by atoms with Crippen LogP contribution in [0.25, 0.3) is 0 Å². The van der Waals surface area contributed by atoms with Gasteiger partial charge in [0.1, 0.15) is 5.75 Å². The summed E-state index contributed by atoms with van der Waals surface area (Å²) in [5.74, 6) is 0.172. The van der Waals surface area contributed by atoms with Crippen LogP contribution in [-0.2, 0) is 19.6 Å². The molecule has 0 fully saturated rings. The largest absolute Gasteiger partial charge is 0.494 e. The van der Waals surface area contributed by atoms with Crippen molar-refractivity contribution in [3.8, 4) is 5.75 Å². The Morgan fingerprint density at radius 1 is 0.926 bits per heavy atom. The van der Waals surface area contributed by atoms with Crippen molar-refractivity contribution in [2.24, 2.45) is 0 Å². The van der Waals surface area contributed by atoms with E-state index in [-0.39, 0.29) is 13.1 Å². The highest BCUT2D eigenvalue weighted by molar-refractivity contribution is 5.95. The summed E-state index contributed by atoms with van der Waals surface area (Å²) in [6.45, 7) is 8.71. The summed E-state index contributed by atoms with van der Waals surface area (Å²) in [6, 6.07) is 6.38. The zero-order chi connectivity index (χ0) is 20.0. The number of rotatable bonds is 9.